The number of nitrogens with zero attached hydrogens (tertiary/aromatic N) is 2. The molecule has 0 aliphatic heterocycles. The smallest absolute Gasteiger partial charge is 0.307 e. The molecule has 3 aromatic carbocycles. The average molecular weight is 685 g/mol. The van der Waals surface area contributed by atoms with E-state index in [1.54, 1.807) is 18.2 Å². The van der Waals surface area contributed by atoms with Crippen molar-refractivity contribution < 1.29 is 23.3 Å². The lowest BCUT2D eigenvalue weighted by Crippen LogP contribution is -2.16. The Morgan fingerprint density at radius 2 is 1.88 bits per heavy atom. The van der Waals surface area contributed by atoms with Crippen LogP contribution >= 0.6 is 45.2 Å². The fourth-order valence-electron chi connectivity index (χ4n) is 3.03. The topological polar surface area (TPSA) is 107 Å². The molecule has 0 radical (unpaired) electrons. The number of nitro benzene ring substituents is 1. The van der Waals surface area contributed by atoms with Crippen LogP contribution in [0.1, 0.15) is 21.7 Å². The molecule has 8 nitrogen and oxygen atoms in total. The lowest BCUT2D eigenvalue weighted by atomic mass is 10.2. The van der Waals surface area contributed by atoms with Gasteiger partial charge in [0.05, 0.1) is 18.3 Å². The van der Waals surface area contributed by atoms with Crippen LogP contribution in [0, 0.1) is 23.1 Å². The zero-order valence-electron chi connectivity index (χ0n) is 17.1. The lowest BCUT2D eigenvalue weighted by Gasteiger charge is -2.12. The highest BCUT2D eigenvalue weighted by Gasteiger charge is 2.15. The Bertz CT molecular complexity index is 1410. The highest BCUT2D eigenvalue weighted by molar-refractivity contribution is 14.1. The van der Waals surface area contributed by atoms with Crippen LogP contribution in [0.5, 0.6) is 5.75 Å². The summed E-state index contributed by atoms with van der Waals surface area (Å²) in [5.74, 6) is -0.310. The van der Waals surface area contributed by atoms with Crippen molar-refractivity contribution in [2.75, 3.05) is 0 Å². The van der Waals surface area contributed by atoms with Gasteiger partial charge in [-0.15, -0.1) is 0 Å². The van der Waals surface area contributed by atoms with E-state index in [1.807, 2.05) is 12.1 Å². The predicted molar refractivity (Wildman–Crippen MR) is 141 cm³/mol. The molecule has 0 unspecified atom stereocenters. The van der Waals surface area contributed by atoms with Gasteiger partial charge in [0.1, 0.15) is 23.8 Å². The number of hydrazone groups is 1. The Kier molecular flexibility index (Phi) is 7.41. The first-order valence-corrected chi connectivity index (χ1v) is 11.8. The Balaban J connectivity index is 1.42. The number of carbonyl (C=O) groups excluding carboxylic acids is 1. The number of carbonyl (C=O) groups is 1. The standard InChI is InChI=1S/C23H14FI2N3O5/c24-17-4-2-1-3-14(17)12-33-22-18(25)7-13(8-19(22)26)11-27-28-23(30)21-10-15-9-16(29(31)32)5-6-20(15)34-21/h1-11H,12H2,(H,28,30)/b27-11+. The summed E-state index contributed by atoms with van der Waals surface area (Å²) in [5.41, 5.74) is 3.82. The highest BCUT2D eigenvalue weighted by atomic mass is 127. The molecule has 0 saturated heterocycles. The molecule has 1 aromatic heterocycles. The molecule has 1 N–H and O–H groups in total. The quantitative estimate of drug-likeness (QED) is 0.111. The monoisotopic (exact) mass is 685 g/mol. The first kappa shape index (κ1) is 24.1. The molecule has 11 heteroatoms. The summed E-state index contributed by atoms with van der Waals surface area (Å²) in [6, 6.07) is 15.6. The maximum atomic E-state index is 13.8. The normalized spacial score (nSPS) is 11.1. The van der Waals surface area contributed by atoms with Gasteiger partial charge in [0, 0.05) is 23.1 Å². The van der Waals surface area contributed by atoms with E-state index < -0.39 is 10.8 Å². The van der Waals surface area contributed by atoms with Gasteiger partial charge in [0.25, 0.3) is 5.69 Å². The Hall–Kier alpha value is -3.07. The summed E-state index contributed by atoms with van der Waals surface area (Å²) in [4.78, 5) is 22.7. The van der Waals surface area contributed by atoms with Gasteiger partial charge in [0.2, 0.25) is 0 Å². The number of hydrogen-bond acceptors (Lipinski definition) is 6. The van der Waals surface area contributed by atoms with E-state index in [4.69, 9.17) is 9.15 Å². The molecule has 4 aromatic rings. The van der Waals surface area contributed by atoms with Crippen molar-refractivity contribution in [3.05, 3.63) is 101 Å². The fourth-order valence-corrected chi connectivity index (χ4v) is 5.16. The molecule has 0 aliphatic carbocycles. The lowest BCUT2D eigenvalue weighted by molar-refractivity contribution is -0.384. The third kappa shape index (κ3) is 5.52. The summed E-state index contributed by atoms with van der Waals surface area (Å²) in [5, 5.41) is 15.3. The summed E-state index contributed by atoms with van der Waals surface area (Å²) in [6.07, 6.45) is 1.47. The molecule has 0 fully saturated rings. The molecule has 0 aliphatic rings. The van der Waals surface area contributed by atoms with Crippen LogP contribution in [0.25, 0.3) is 11.0 Å². The molecule has 0 spiro atoms. The number of fused-ring (bicyclic) bond motifs is 1. The van der Waals surface area contributed by atoms with Crippen molar-refractivity contribution in [2.45, 2.75) is 6.61 Å². The SMILES string of the molecule is O=C(N/N=C/c1cc(I)c(OCc2ccccc2F)c(I)c1)c1cc2cc([N+](=O)[O-])ccc2o1. The van der Waals surface area contributed by atoms with Crippen molar-refractivity contribution in [2.24, 2.45) is 5.10 Å². The van der Waals surface area contributed by atoms with Gasteiger partial charge in [-0.05, 0) is 81.1 Å². The number of benzene rings is 3. The number of amides is 1. The Morgan fingerprint density at radius 3 is 2.59 bits per heavy atom. The molecule has 0 saturated carbocycles. The van der Waals surface area contributed by atoms with E-state index >= 15 is 0 Å². The van der Waals surface area contributed by atoms with Crippen LogP contribution in [-0.4, -0.2) is 17.0 Å². The highest BCUT2D eigenvalue weighted by Crippen LogP contribution is 2.29. The maximum Gasteiger partial charge on any atom is 0.307 e. The van der Waals surface area contributed by atoms with Gasteiger partial charge in [0.15, 0.2) is 5.76 Å². The molecule has 34 heavy (non-hydrogen) atoms. The number of non-ortho nitro benzene ring substituents is 1. The zero-order valence-corrected chi connectivity index (χ0v) is 21.4. The molecule has 1 amide bonds. The number of rotatable bonds is 7. The van der Waals surface area contributed by atoms with Crippen LogP contribution in [0.4, 0.5) is 10.1 Å². The van der Waals surface area contributed by atoms with Crippen LogP contribution < -0.4 is 10.2 Å². The molecule has 4 rings (SSSR count). The number of ether oxygens (including phenoxy) is 1. The van der Waals surface area contributed by atoms with Crippen molar-refractivity contribution in [1.29, 1.82) is 0 Å². The average Bonchev–Trinajstić information content (AvgIpc) is 3.23. The minimum Gasteiger partial charge on any atom is -0.487 e. The predicted octanol–water partition coefficient (Wildman–Crippen LogP) is 6.03. The van der Waals surface area contributed by atoms with E-state index in [2.05, 4.69) is 55.7 Å². The van der Waals surface area contributed by atoms with Gasteiger partial charge in [-0.1, -0.05) is 18.2 Å². The van der Waals surface area contributed by atoms with Gasteiger partial charge < -0.3 is 9.15 Å². The fraction of sp³-hybridized carbons (Fsp3) is 0.0435. The van der Waals surface area contributed by atoms with Crippen molar-refractivity contribution in [3.63, 3.8) is 0 Å². The molecule has 1 heterocycles. The molecular weight excluding hydrogens is 671 g/mol. The van der Waals surface area contributed by atoms with Gasteiger partial charge in [-0.25, -0.2) is 9.82 Å². The van der Waals surface area contributed by atoms with Crippen LogP contribution in [0.2, 0.25) is 0 Å². The van der Waals surface area contributed by atoms with Gasteiger partial charge >= 0.3 is 5.91 Å². The van der Waals surface area contributed by atoms with Crippen LogP contribution in [-0.2, 0) is 6.61 Å². The minimum absolute atomic E-state index is 0.0197. The van der Waals surface area contributed by atoms with E-state index in [-0.39, 0.29) is 23.9 Å². The second-order valence-electron chi connectivity index (χ2n) is 6.98. The summed E-state index contributed by atoms with van der Waals surface area (Å²) >= 11 is 4.23. The second kappa shape index (κ2) is 10.5. The molecular formula is C23H14FI2N3O5. The van der Waals surface area contributed by atoms with Gasteiger partial charge in [-0.2, -0.15) is 5.10 Å². The third-order valence-corrected chi connectivity index (χ3v) is 6.27. The summed E-state index contributed by atoms with van der Waals surface area (Å²) in [7, 11) is 0. The molecule has 0 bridgehead atoms. The maximum absolute atomic E-state index is 13.8. The first-order chi connectivity index (χ1) is 16.3. The number of furan rings is 1. The Morgan fingerprint density at radius 1 is 1.15 bits per heavy atom. The van der Waals surface area contributed by atoms with Gasteiger partial charge in [-0.3, -0.25) is 14.9 Å². The number of nitrogens with one attached hydrogen (secondary N) is 1. The Labute approximate surface area is 219 Å². The van der Waals surface area contributed by atoms with E-state index in [0.29, 0.717) is 27.8 Å². The number of hydrogen-bond donors (Lipinski definition) is 1. The van der Waals surface area contributed by atoms with Crippen LogP contribution in [0.3, 0.4) is 0 Å². The number of nitro groups is 1. The van der Waals surface area contributed by atoms with Crippen molar-refractivity contribution in [3.8, 4) is 5.75 Å². The zero-order chi connectivity index (χ0) is 24.2. The van der Waals surface area contributed by atoms with E-state index in [0.717, 1.165) is 7.14 Å². The minimum atomic E-state index is -0.593. The van der Waals surface area contributed by atoms with Crippen LogP contribution in [0.15, 0.2) is 70.2 Å². The third-order valence-electron chi connectivity index (χ3n) is 4.66. The molecule has 0 atom stereocenters. The molecule has 172 valence electrons. The largest absolute Gasteiger partial charge is 0.487 e. The second-order valence-corrected chi connectivity index (χ2v) is 9.31. The van der Waals surface area contributed by atoms with E-state index in [1.165, 1.54) is 36.5 Å². The first-order valence-electron chi connectivity index (χ1n) is 9.68. The number of halogens is 3. The van der Waals surface area contributed by atoms with Crippen molar-refractivity contribution >= 4 is 74.0 Å². The van der Waals surface area contributed by atoms with E-state index in [9.17, 15) is 19.3 Å². The summed E-state index contributed by atoms with van der Waals surface area (Å²) < 4.78 is 26.7. The van der Waals surface area contributed by atoms with Crippen molar-refractivity contribution in [1.82, 2.24) is 5.43 Å². The summed E-state index contributed by atoms with van der Waals surface area (Å²) in [6.45, 7) is 0.100.